The zero-order chi connectivity index (χ0) is 16.4. The van der Waals surface area contributed by atoms with E-state index in [0.717, 1.165) is 0 Å². The molecule has 0 fully saturated rings. The normalized spacial score (nSPS) is 9.83. The van der Waals surface area contributed by atoms with Gasteiger partial charge in [0.25, 0.3) is 0 Å². The maximum atomic E-state index is 10.6. The summed E-state index contributed by atoms with van der Waals surface area (Å²) in [5.41, 5.74) is 0. The Morgan fingerprint density at radius 2 is 0.783 bits per heavy atom. The second kappa shape index (κ2) is 14.4. The van der Waals surface area contributed by atoms with Gasteiger partial charge in [-0.2, -0.15) is 0 Å². The van der Waals surface area contributed by atoms with Crippen molar-refractivity contribution in [1.29, 1.82) is 0 Å². The molecule has 0 atom stereocenters. The molecular formula is C11H18Co2N2O8. The van der Waals surface area contributed by atoms with E-state index in [0.29, 0.717) is 0 Å². The van der Waals surface area contributed by atoms with Crippen LogP contribution in [0.4, 0.5) is 0 Å². The smallest absolute Gasteiger partial charge is 0.317 e. The van der Waals surface area contributed by atoms with Gasteiger partial charge in [0.15, 0.2) is 0 Å². The van der Waals surface area contributed by atoms with Gasteiger partial charge in [0, 0.05) is 46.6 Å². The van der Waals surface area contributed by atoms with Crippen molar-refractivity contribution in [3.8, 4) is 0 Å². The molecule has 0 aromatic rings. The van der Waals surface area contributed by atoms with Gasteiger partial charge in [-0.25, -0.2) is 0 Å². The number of carbonyl (C=O) groups is 4. The largest absolute Gasteiger partial charge is 0.480 e. The van der Waals surface area contributed by atoms with Crippen LogP contribution in [-0.2, 0) is 52.7 Å². The number of rotatable bonds is 12. The Bertz CT molecular complexity index is 339. The zero-order valence-corrected chi connectivity index (χ0v) is 14.0. The van der Waals surface area contributed by atoms with E-state index in [9.17, 15) is 19.2 Å². The third-order valence-corrected chi connectivity index (χ3v) is 2.38. The summed E-state index contributed by atoms with van der Waals surface area (Å²) < 4.78 is 0. The Labute approximate surface area is 152 Å². The molecule has 12 heteroatoms. The summed E-state index contributed by atoms with van der Waals surface area (Å²) in [5.74, 6) is -4.71. The third-order valence-electron chi connectivity index (χ3n) is 2.38. The minimum absolute atomic E-state index is 0. The van der Waals surface area contributed by atoms with E-state index in [2.05, 4.69) is 0 Å². The van der Waals surface area contributed by atoms with Crippen LogP contribution < -0.4 is 0 Å². The van der Waals surface area contributed by atoms with E-state index in [-0.39, 0.29) is 53.1 Å². The minimum atomic E-state index is -1.18. The Hall–Kier alpha value is -1.19. The average molecular weight is 424 g/mol. The predicted octanol–water partition coefficient (Wildman–Crippen LogP) is -1.69. The van der Waals surface area contributed by atoms with Crippen molar-refractivity contribution >= 4 is 23.9 Å². The van der Waals surface area contributed by atoms with Crippen LogP contribution in [-0.4, -0.2) is 93.4 Å². The van der Waals surface area contributed by atoms with Crippen LogP contribution in [0.15, 0.2) is 0 Å². The first kappa shape index (κ1) is 26.7. The topological polar surface area (TPSA) is 156 Å². The van der Waals surface area contributed by atoms with Gasteiger partial charge in [-0.1, -0.05) is 0 Å². The molecule has 0 aliphatic heterocycles. The summed E-state index contributed by atoms with van der Waals surface area (Å²) in [6.07, 6.45) is 0.251. The zero-order valence-electron chi connectivity index (χ0n) is 11.9. The molecule has 138 valence electrons. The van der Waals surface area contributed by atoms with Gasteiger partial charge < -0.3 is 20.4 Å². The molecule has 0 aliphatic rings. The molecule has 0 aromatic carbocycles. The van der Waals surface area contributed by atoms with Crippen LogP contribution in [0.2, 0.25) is 0 Å². The summed E-state index contributed by atoms with van der Waals surface area (Å²) in [6, 6.07) is 0. The fraction of sp³-hybridized carbons (Fsp3) is 0.636. The molecule has 0 bridgehead atoms. The monoisotopic (exact) mass is 424 g/mol. The molecule has 23 heavy (non-hydrogen) atoms. The molecule has 2 radical (unpaired) electrons. The number of carboxylic acids is 4. The van der Waals surface area contributed by atoms with E-state index in [1.54, 1.807) is 0 Å². The van der Waals surface area contributed by atoms with Crippen molar-refractivity contribution < 1.29 is 73.2 Å². The third kappa shape index (κ3) is 17.0. The van der Waals surface area contributed by atoms with Gasteiger partial charge in [-0.15, -0.1) is 0 Å². The molecule has 0 aliphatic carbocycles. The van der Waals surface area contributed by atoms with Gasteiger partial charge in [0.2, 0.25) is 0 Å². The quantitative estimate of drug-likeness (QED) is 0.285. The second-order valence-corrected chi connectivity index (χ2v) is 4.35. The molecule has 0 rings (SSSR count). The average Bonchev–Trinajstić information content (AvgIpc) is 2.24. The van der Waals surface area contributed by atoms with Crippen LogP contribution >= 0.6 is 0 Å². The van der Waals surface area contributed by atoms with E-state index in [1.807, 2.05) is 0 Å². The van der Waals surface area contributed by atoms with Crippen molar-refractivity contribution in [1.82, 2.24) is 9.80 Å². The standard InChI is InChI=1S/C11H18N2O8.2Co/c14-8(15)4-12(5-9(16)17)2-1-3-13(6-10(18)19)7-11(20)21;;/h1-7H2,(H,14,15)(H,16,17)(H,18,19)(H,20,21);;. The molecule has 0 saturated heterocycles. The SMILES string of the molecule is O=C(O)CN(CCCN(CC(=O)O)CC(=O)O)CC(=O)O.[Co].[Co]. The van der Waals surface area contributed by atoms with Gasteiger partial charge >= 0.3 is 23.9 Å². The summed E-state index contributed by atoms with van der Waals surface area (Å²) >= 11 is 0. The van der Waals surface area contributed by atoms with Crippen molar-refractivity contribution in [2.45, 2.75) is 6.42 Å². The van der Waals surface area contributed by atoms with Crippen LogP contribution in [0.25, 0.3) is 0 Å². The molecule has 0 saturated carbocycles. The first-order chi connectivity index (χ1) is 9.70. The Balaban J connectivity index is -0.00000200. The molecule has 4 N–H and O–H groups in total. The summed E-state index contributed by atoms with van der Waals surface area (Å²) in [7, 11) is 0. The molecule has 10 nitrogen and oxygen atoms in total. The second-order valence-electron chi connectivity index (χ2n) is 4.35. The van der Waals surface area contributed by atoms with Crippen molar-refractivity contribution in [3.05, 3.63) is 0 Å². The summed E-state index contributed by atoms with van der Waals surface area (Å²) in [5, 5.41) is 34.6. The Morgan fingerprint density at radius 3 is 0.957 bits per heavy atom. The maximum absolute atomic E-state index is 10.6. The first-order valence-corrected chi connectivity index (χ1v) is 6.02. The van der Waals surface area contributed by atoms with Gasteiger partial charge in [-0.05, 0) is 6.42 Å². The van der Waals surface area contributed by atoms with Crippen LogP contribution in [0.5, 0.6) is 0 Å². The van der Waals surface area contributed by atoms with E-state index >= 15 is 0 Å². The van der Waals surface area contributed by atoms with Crippen molar-refractivity contribution in [2.75, 3.05) is 39.3 Å². The Kier molecular flexibility index (Phi) is 16.7. The number of carboxylic acid groups (broad SMARTS) is 4. The van der Waals surface area contributed by atoms with Crippen molar-refractivity contribution in [3.63, 3.8) is 0 Å². The van der Waals surface area contributed by atoms with Crippen LogP contribution in [0.1, 0.15) is 6.42 Å². The fourth-order valence-electron chi connectivity index (χ4n) is 1.71. The van der Waals surface area contributed by atoms with Gasteiger partial charge in [-0.3, -0.25) is 29.0 Å². The minimum Gasteiger partial charge on any atom is -0.480 e. The summed E-state index contributed by atoms with van der Waals surface area (Å²) in [6.45, 7) is -1.61. The summed E-state index contributed by atoms with van der Waals surface area (Å²) in [4.78, 5) is 44.7. The molecule has 0 heterocycles. The number of hydrogen-bond acceptors (Lipinski definition) is 6. The maximum Gasteiger partial charge on any atom is 0.317 e. The van der Waals surface area contributed by atoms with Crippen LogP contribution in [0.3, 0.4) is 0 Å². The van der Waals surface area contributed by atoms with E-state index in [4.69, 9.17) is 20.4 Å². The molecule has 0 aromatic heterocycles. The van der Waals surface area contributed by atoms with Gasteiger partial charge in [0.05, 0.1) is 26.2 Å². The fourth-order valence-corrected chi connectivity index (χ4v) is 1.71. The van der Waals surface area contributed by atoms with E-state index in [1.165, 1.54) is 9.80 Å². The number of nitrogens with zero attached hydrogens (tertiary/aromatic N) is 2. The number of aliphatic carboxylic acids is 4. The molecular weight excluding hydrogens is 406 g/mol. The molecule has 0 unspecified atom stereocenters. The predicted molar refractivity (Wildman–Crippen MR) is 68.0 cm³/mol. The first-order valence-electron chi connectivity index (χ1n) is 6.02. The molecule has 0 spiro atoms. The molecule has 0 amide bonds. The van der Waals surface area contributed by atoms with Gasteiger partial charge in [0.1, 0.15) is 0 Å². The van der Waals surface area contributed by atoms with Crippen LogP contribution in [0, 0.1) is 0 Å². The van der Waals surface area contributed by atoms with Crippen molar-refractivity contribution in [2.24, 2.45) is 0 Å². The van der Waals surface area contributed by atoms with E-state index < -0.39 is 50.1 Å². The number of hydrogen-bond donors (Lipinski definition) is 4. The Morgan fingerprint density at radius 1 is 0.565 bits per heavy atom.